The Morgan fingerprint density at radius 3 is 3.00 bits per heavy atom. The maximum Gasteiger partial charge on any atom is 0.264 e. The van der Waals surface area contributed by atoms with Crippen LogP contribution in [0, 0.1) is 0 Å². The van der Waals surface area contributed by atoms with Gasteiger partial charge < -0.3 is 9.64 Å². The summed E-state index contributed by atoms with van der Waals surface area (Å²) in [5.74, 6) is 1.52. The van der Waals surface area contributed by atoms with Crippen LogP contribution >= 0.6 is 12.6 Å². The number of rotatable bonds is 4. The smallest absolute Gasteiger partial charge is 0.264 e. The molecule has 1 aromatic rings. The Morgan fingerprint density at radius 1 is 1.50 bits per heavy atom. The molecule has 0 unspecified atom stereocenters. The molecular formula is C13H18N2O2S. The van der Waals surface area contributed by atoms with Crippen LogP contribution in [0.15, 0.2) is 18.2 Å². The van der Waals surface area contributed by atoms with E-state index in [4.69, 9.17) is 4.74 Å². The summed E-state index contributed by atoms with van der Waals surface area (Å²) in [7, 11) is 3.82. The fourth-order valence-electron chi connectivity index (χ4n) is 1.86. The summed E-state index contributed by atoms with van der Waals surface area (Å²) in [6.45, 7) is 1.08. The highest BCUT2D eigenvalue weighted by atomic mass is 32.1. The molecule has 0 fully saturated rings. The second-order valence-electron chi connectivity index (χ2n) is 4.51. The molecule has 5 heteroatoms. The standard InChI is InChI=1S/C13H18N2O2S/c1-14(9-18)6-5-10-3-4-12-11(7-10)15(2)13(16)8-17-12/h3-4,7,18H,5-6,8-9H2,1-2H3. The van der Waals surface area contributed by atoms with Crippen LogP contribution in [0.1, 0.15) is 5.56 Å². The van der Waals surface area contributed by atoms with Gasteiger partial charge in [0.25, 0.3) is 5.91 Å². The lowest BCUT2D eigenvalue weighted by Gasteiger charge is -2.26. The van der Waals surface area contributed by atoms with Crippen molar-refractivity contribution < 1.29 is 9.53 Å². The Labute approximate surface area is 113 Å². The van der Waals surface area contributed by atoms with E-state index in [0.29, 0.717) is 0 Å². The molecule has 1 heterocycles. The van der Waals surface area contributed by atoms with Gasteiger partial charge in [-0.2, -0.15) is 12.6 Å². The monoisotopic (exact) mass is 266 g/mol. The molecule has 0 saturated carbocycles. The highest BCUT2D eigenvalue weighted by molar-refractivity contribution is 7.80. The number of benzene rings is 1. The average Bonchev–Trinajstić information content (AvgIpc) is 2.40. The van der Waals surface area contributed by atoms with Gasteiger partial charge in [0.1, 0.15) is 5.75 Å². The van der Waals surface area contributed by atoms with Gasteiger partial charge in [-0.05, 0) is 31.2 Å². The van der Waals surface area contributed by atoms with Crippen LogP contribution < -0.4 is 9.64 Å². The van der Waals surface area contributed by atoms with E-state index in [9.17, 15) is 4.79 Å². The minimum atomic E-state index is -0.00729. The van der Waals surface area contributed by atoms with Gasteiger partial charge in [0.05, 0.1) is 5.69 Å². The van der Waals surface area contributed by atoms with E-state index in [1.165, 1.54) is 5.56 Å². The van der Waals surface area contributed by atoms with Crippen LogP contribution in [0.4, 0.5) is 5.69 Å². The van der Waals surface area contributed by atoms with Crippen molar-refractivity contribution in [3.05, 3.63) is 23.8 Å². The van der Waals surface area contributed by atoms with Crippen molar-refractivity contribution in [2.24, 2.45) is 0 Å². The maximum absolute atomic E-state index is 11.6. The topological polar surface area (TPSA) is 32.8 Å². The second kappa shape index (κ2) is 5.63. The Balaban J connectivity index is 2.13. The molecule has 1 aliphatic heterocycles. The number of amides is 1. The van der Waals surface area contributed by atoms with E-state index in [2.05, 4.69) is 23.6 Å². The van der Waals surface area contributed by atoms with Crippen molar-refractivity contribution in [1.29, 1.82) is 0 Å². The van der Waals surface area contributed by atoms with Gasteiger partial charge in [-0.25, -0.2) is 0 Å². The number of likely N-dealkylation sites (N-methyl/N-ethyl adjacent to an activating group) is 2. The van der Waals surface area contributed by atoms with Crippen molar-refractivity contribution >= 4 is 24.2 Å². The minimum Gasteiger partial charge on any atom is -0.482 e. The predicted molar refractivity (Wildman–Crippen MR) is 75.5 cm³/mol. The Bertz CT molecular complexity index is 451. The number of thiol groups is 1. The lowest BCUT2D eigenvalue weighted by Crippen LogP contribution is -2.35. The van der Waals surface area contributed by atoms with Gasteiger partial charge in [0, 0.05) is 19.5 Å². The molecule has 1 aliphatic rings. The molecule has 0 saturated heterocycles. The van der Waals surface area contributed by atoms with Crippen molar-refractivity contribution in [1.82, 2.24) is 4.90 Å². The Morgan fingerprint density at radius 2 is 2.28 bits per heavy atom. The number of hydrogen-bond donors (Lipinski definition) is 1. The number of ether oxygens (including phenoxy) is 1. The molecule has 2 rings (SSSR count). The van der Waals surface area contributed by atoms with Crippen LogP contribution in [0.25, 0.3) is 0 Å². The summed E-state index contributed by atoms with van der Waals surface area (Å²) in [4.78, 5) is 15.4. The van der Waals surface area contributed by atoms with Gasteiger partial charge in [-0.15, -0.1) is 0 Å². The zero-order chi connectivity index (χ0) is 13.1. The molecular weight excluding hydrogens is 248 g/mol. The molecule has 0 aromatic heterocycles. The van der Waals surface area contributed by atoms with Crippen molar-refractivity contribution in [2.75, 3.05) is 38.0 Å². The van der Waals surface area contributed by atoms with E-state index in [1.54, 1.807) is 11.9 Å². The summed E-state index contributed by atoms with van der Waals surface area (Å²) >= 11 is 4.22. The molecule has 18 heavy (non-hydrogen) atoms. The van der Waals surface area contributed by atoms with Gasteiger partial charge in [-0.1, -0.05) is 6.07 Å². The van der Waals surface area contributed by atoms with E-state index in [0.717, 1.165) is 30.3 Å². The first-order valence-corrected chi connectivity index (χ1v) is 6.56. The SMILES string of the molecule is CN(CS)CCc1ccc2c(c1)N(C)C(=O)CO2. The molecule has 1 amide bonds. The van der Waals surface area contributed by atoms with Crippen molar-refractivity contribution in [3.8, 4) is 5.75 Å². The zero-order valence-corrected chi connectivity index (χ0v) is 11.6. The van der Waals surface area contributed by atoms with Gasteiger partial charge in [0.2, 0.25) is 0 Å². The van der Waals surface area contributed by atoms with E-state index < -0.39 is 0 Å². The Hall–Kier alpha value is -1.20. The quantitative estimate of drug-likeness (QED) is 0.660. The van der Waals surface area contributed by atoms with Gasteiger partial charge in [-0.3, -0.25) is 9.69 Å². The zero-order valence-electron chi connectivity index (χ0n) is 10.7. The summed E-state index contributed by atoms with van der Waals surface area (Å²) in [6.07, 6.45) is 0.937. The Kier molecular flexibility index (Phi) is 4.14. The third-order valence-electron chi connectivity index (χ3n) is 3.13. The number of carbonyl (C=O) groups is 1. The number of hydrogen-bond acceptors (Lipinski definition) is 4. The molecule has 0 atom stereocenters. The van der Waals surface area contributed by atoms with Crippen molar-refractivity contribution in [3.63, 3.8) is 0 Å². The van der Waals surface area contributed by atoms with Crippen LogP contribution in [-0.2, 0) is 11.2 Å². The molecule has 0 N–H and O–H groups in total. The third-order valence-corrected chi connectivity index (χ3v) is 3.62. The van der Waals surface area contributed by atoms with Gasteiger partial charge in [0.15, 0.2) is 6.61 Å². The van der Waals surface area contributed by atoms with Gasteiger partial charge >= 0.3 is 0 Å². The lowest BCUT2D eigenvalue weighted by molar-refractivity contribution is -0.120. The first-order chi connectivity index (χ1) is 8.61. The van der Waals surface area contributed by atoms with E-state index >= 15 is 0 Å². The summed E-state index contributed by atoms with van der Waals surface area (Å²) in [5.41, 5.74) is 2.06. The normalized spacial score (nSPS) is 14.7. The summed E-state index contributed by atoms with van der Waals surface area (Å²) < 4.78 is 5.39. The molecule has 4 nitrogen and oxygen atoms in total. The van der Waals surface area contributed by atoms with E-state index in [1.807, 2.05) is 19.2 Å². The van der Waals surface area contributed by atoms with Crippen LogP contribution in [0.3, 0.4) is 0 Å². The number of fused-ring (bicyclic) bond motifs is 1. The average molecular weight is 266 g/mol. The number of carbonyl (C=O) groups excluding carboxylic acids is 1. The maximum atomic E-state index is 11.6. The lowest BCUT2D eigenvalue weighted by atomic mass is 10.1. The first-order valence-electron chi connectivity index (χ1n) is 5.93. The predicted octanol–water partition coefficient (Wildman–Crippen LogP) is 1.40. The largest absolute Gasteiger partial charge is 0.482 e. The molecule has 0 aliphatic carbocycles. The third kappa shape index (κ3) is 2.79. The highest BCUT2D eigenvalue weighted by Gasteiger charge is 2.22. The fraction of sp³-hybridized carbons (Fsp3) is 0.462. The van der Waals surface area contributed by atoms with Crippen LogP contribution in [0.5, 0.6) is 5.75 Å². The minimum absolute atomic E-state index is 0.00729. The molecule has 0 spiro atoms. The number of nitrogens with zero attached hydrogens (tertiary/aromatic N) is 2. The molecule has 98 valence electrons. The highest BCUT2D eigenvalue weighted by Crippen LogP contribution is 2.32. The molecule has 0 bridgehead atoms. The molecule has 1 aromatic carbocycles. The van der Waals surface area contributed by atoms with Crippen LogP contribution in [-0.4, -0.2) is 43.9 Å². The summed E-state index contributed by atoms with van der Waals surface area (Å²) in [6, 6.07) is 6.02. The first kappa shape index (κ1) is 13.2. The molecule has 0 radical (unpaired) electrons. The van der Waals surface area contributed by atoms with Crippen molar-refractivity contribution in [2.45, 2.75) is 6.42 Å². The number of anilines is 1. The fourth-order valence-corrected chi connectivity index (χ4v) is 2.01. The van der Waals surface area contributed by atoms with E-state index in [-0.39, 0.29) is 12.5 Å². The van der Waals surface area contributed by atoms with Crippen LogP contribution in [0.2, 0.25) is 0 Å². The summed E-state index contributed by atoms with van der Waals surface area (Å²) in [5, 5.41) is 0. The second-order valence-corrected chi connectivity index (χ2v) is 4.80.